The number of aliphatic hydroxyl groups excluding tert-OH is 2. The maximum absolute atomic E-state index is 11.6. The number of hydrogen-bond donors (Lipinski definition) is 2. The van der Waals surface area contributed by atoms with Gasteiger partial charge in [0.2, 0.25) is 0 Å². The lowest BCUT2D eigenvalue weighted by molar-refractivity contribution is -0.143. The van der Waals surface area contributed by atoms with Gasteiger partial charge < -0.3 is 43.4 Å². The molecule has 316 valence electrons. The maximum atomic E-state index is 11.6. The normalized spacial score (nSPS) is 14.2. The summed E-state index contributed by atoms with van der Waals surface area (Å²) in [5.41, 5.74) is 5.10. The third-order valence-electron chi connectivity index (χ3n) is 9.86. The molecule has 0 amide bonds. The number of ether oxygens (including phenoxy) is 7. The molecule has 60 heavy (non-hydrogen) atoms. The van der Waals surface area contributed by atoms with Gasteiger partial charge in [0.1, 0.15) is 61.6 Å². The van der Waals surface area contributed by atoms with E-state index >= 15 is 0 Å². The van der Waals surface area contributed by atoms with Gasteiger partial charge >= 0.3 is 11.9 Å². The minimum atomic E-state index is -0.953. The Labute approximate surface area is 351 Å². The molecular weight excluding hydrogens is 765 g/mol. The van der Waals surface area contributed by atoms with E-state index in [1.807, 2.05) is 48.5 Å². The molecule has 2 atom stereocenters. The summed E-state index contributed by atoms with van der Waals surface area (Å²) in [5, 5.41) is 24.2. The van der Waals surface area contributed by atoms with Crippen molar-refractivity contribution in [3.8, 4) is 23.0 Å². The number of hydrogen-bond acceptors (Lipinski definition) is 11. The fraction of sp³-hybridized carbons (Fsp3) is 0.347. The summed E-state index contributed by atoms with van der Waals surface area (Å²) in [6, 6.07) is 29.1. The van der Waals surface area contributed by atoms with Crippen LogP contribution in [0.4, 0.5) is 0 Å². The van der Waals surface area contributed by atoms with E-state index in [1.54, 1.807) is 13.8 Å². The Balaban J connectivity index is 1.19. The van der Waals surface area contributed by atoms with E-state index in [2.05, 4.69) is 63.4 Å². The monoisotopic (exact) mass is 818 g/mol. The van der Waals surface area contributed by atoms with Gasteiger partial charge in [-0.3, -0.25) is 0 Å². The van der Waals surface area contributed by atoms with Gasteiger partial charge in [0.05, 0.1) is 26.4 Å². The Bertz CT molecular complexity index is 2180. The van der Waals surface area contributed by atoms with Gasteiger partial charge in [0.25, 0.3) is 0 Å². The molecule has 0 fully saturated rings. The van der Waals surface area contributed by atoms with Gasteiger partial charge in [-0.15, -0.1) is 0 Å². The maximum Gasteiger partial charge on any atom is 0.333 e. The molecule has 5 aromatic carbocycles. The zero-order valence-electron chi connectivity index (χ0n) is 34.7. The van der Waals surface area contributed by atoms with Crippen molar-refractivity contribution in [2.24, 2.45) is 5.92 Å². The van der Waals surface area contributed by atoms with E-state index in [0.717, 1.165) is 56.2 Å². The molecule has 0 radical (unpaired) electrons. The third kappa shape index (κ3) is 11.3. The second kappa shape index (κ2) is 20.5. The largest absolute Gasteiger partial charge is 0.491 e. The van der Waals surface area contributed by atoms with Crippen molar-refractivity contribution < 1.29 is 53.0 Å². The smallest absolute Gasteiger partial charge is 0.333 e. The van der Waals surface area contributed by atoms with Gasteiger partial charge in [-0.2, -0.15) is 0 Å². The van der Waals surface area contributed by atoms with Crippen molar-refractivity contribution in [3.05, 3.63) is 131 Å². The summed E-state index contributed by atoms with van der Waals surface area (Å²) in [4.78, 5) is 23.2. The third-order valence-corrected chi connectivity index (χ3v) is 9.86. The van der Waals surface area contributed by atoms with Crippen LogP contribution in [-0.2, 0) is 35.0 Å². The molecule has 2 unspecified atom stereocenters. The second-order valence-corrected chi connectivity index (χ2v) is 15.5. The lowest BCUT2D eigenvalue weighted by Gasteiger charge is -2.31. The van der Waals surface area contributed by atoms with Crippen LogP contribution in [0, 0.1) is 5.92 Å². The molecular formula is C49H54O11. The first-order valence-electron chi connectivity index (χ1n) is 20.2. The van der Waals surface area contributed by atoms with E-state index in [-0.39, 0.29) is 69.9 Å². The minimum Gasteiger partial charge on any atom is -0.491 e. The molecule has 6 rings (SSSR count). The SMILES string of the molecule is C=C(C)C(=O)OCC(O)COCCOc1ccc2c3c(ccc2c1)Oc1ccc2cc(OCCOCC(O)COC(=O)C(=C)C)ccc2c1C3c1ccc(CC(C)C)cc1. The first kappa shape index (κ1) is 43.8. The van der Waals surface area contributed by atoms with E-state index in [1.165, 1.54) is 5.56 Å². The number of aliphatic hydroxyl groups is 2. The fourth-order valence-corrected chi connectivity index (χ4v) is 7.05. The molecule has 11 nitrogen and oxygen atoms in total. The molecule has 0 aromatic heterocycles. The zero-order chi connectivity index (χ0) is 42.8. The predicted octanol–water partition coefficient (Wildman–Crippen LogP) is 8.23. The Kier molecular flexibility index (Phi) is 15.0. The van der Waals surface area contributed by atoms with Gasteiger partial charge in [0, 0.05) is 28.2 Å². The van der Waals surface area contributed by atoms with Crippen molar-refractivity contribution in [1.82, 2.24) is 0 Å². The molecule has 0 spiro atoms. The number of fused-ring (bicyclic) bond motifs is 6. The van der Waals surface area contributed by atoms with E-state index in [9.17, 15) is 19.8 Å². The summed E-state index contributed by atoms with van der Waals surface area (Å²) in [6.45, 7) is 15.3. The highest BCUT2D eigenvalue weighted by atomic mass is 16.6. The Morgan fingerprint density at radius 3 is 1.53 bits per heavy atom. The van der Waals surface area contributed by atoms with Crippen LogP contribution in [0.3, 0.4) is 0 Å². The Hall–Kier alpha value is -5.72. The molecule has 0 aliphatic carbocycles. The number of carbonyl (C=O) groups is 2. The lowest BCUT2D eigenvalue weighted by atomic mass is 9.78. The first-order chi connectivity index (χ1) is 28.9. The van der Waals surface area contributed by atoms with Gasteiger partial charge in [0.15, 0.2) is 0 Å². The molecule has 0 bridgehead atoms. The van der Waals surface area contributed by atoms with E-state index in [4.69, 9.17) is 33.2 Å². The van der Waals surface area contributed by atoms with Crippen LogP contribution in [0.15, 0.2) is 109 Å². The average Bonchev–Trinajstić information content (AvgIpc) is 3.23. The summed E-state index contributed by atoms with van der Waals surface area (Å²) >= 11 is 0. The Morgan fingerprint density at radius 2 is 1.10 bits per heavy atom. The standard InChI is InChI=1S/C49H54O11/c1-30(2)23-33-7-9-34(10-8-33)45-46-41-15-13-39(56-21-19-54-26-37(50)28-58-48(52)31(3)4)24-35(41)11-17-43(46)60-44-18-12-36-25-40(14-16-42(36)47(44)45)57-22-20-55-27-38(51)29-59-49(53)32(5)6/h7-18,24-25,30,37-38,45,50-51H,3,5,19-23,26-29H2,1-2,4,6H3. The zero-order valence-corrected chi connectivity index (χ0v) is 34.7. The van der Waals surface area contributed by atoms with E-state index in [0.29, 0.717) is 17.4 Å². The number of benzene rings is 5. The lowest BCUT2D eigenvalue weighted by Crippen LogP contribution is -2.25. The Morgan fingerprint density at radius 1 is 0.633 bits per heavy atom. The molecule has 1 aliphatic rings. The van der Waals surface area contributed by atoms with Gasteiger partial charge in [-0.05, 0) is 95.3 Å². The van der Waals surface area contributed by atoms with Crippen molar-refractivity contribution in [3.63, 3.8) is 0 Å². The molecule has 2 N–H and O–H groups in total. The minimum absolute atomic E-state index is 0.000761. The molecule has 1 aliphatic heterocycles. The van der Waals surface area contributed by atoms with Gasteiger partial charge in [-0.1, -0.05) is 75.5 Å². The van der Waals surface area contributed by atoms with Crippen LogP contribution in [0.5, 0.6) is 23.0 Å². The summed E-state index contributed by atoms with van der Waals surface area (Å²) in [5.74, 6) is 2.22. The highest BCUT2D eigenvalue weighted by Crippen LogP contribution is 2.52. The molecule has 5 aromatic rings. The van der Waals surface area contributed by atoms with Crippen LogP contribution in [0.1, 0.15) is 55.9 Å². The van der Waals surface area contributed by atoms with Gasteiger partial charge in [-0.25, -0.2) is 9.59 Å². The van der Waals surface area contributed by atoms with Crippen molar-refractivity contribution in [1.29, 1.82) is 0 Å². The predicted molar refractivity (Wildman–Crippen MR) is 230 cm³/mol. The van der Waals surface area contributed by atoms with Crippen LogP contribution in [-0.4, -0.2) is 87.2 Å². The summed E-state index contributed by atoms with van der Waals surface area (Å²) in [7, 11) is 0. The molecule has 0 saturated heterocycles. The van der Waals surface area contributed by atoms with Crippen LogP contribution in [0.2, 0.25) is 0 Å². The topological polar surface area (TPSA) is 139 Å². The molecule has 0 saturated carbocycles. The molecule has 11 heteroatoms. The number of carbonyl (C=O) groups excluding carboxylic acids is 2. The van der Waals surface area contributed by atoms with Crippen LogP contribution < -0.4 is 14.2 Å². The number of rotatable bonds is 21. The van der Waals surface area contributed by atoms with E-state index < -0.39 is 24.1 Å². The first-order valence-corrected chi connectivity index (χ1v) is 20.2. The van der Waals surface area contributed by atoms with Crippen molar-refractivity contribution in [2.45, 2.75) is 52.2 Å². The average molecular weight is 819 g/mol. The second-order valence-electron chi connectivity index (χ2n) is 15.5. The fourth-order valence-electron chi connectivity index (χ4n) is 7.05. The highest BCUT2D eigenvalue weighted by molar-refractivity contribution is 5.96. The van der Waals surface area contributed by atoms with Crippen LogP contribution in [0.25, 0.3) is 21.5 Å². The summed E-state index contributed by atoms with van der Waals surface area (Å²) in [6.07, 6.45) is -0.914. The van der Waals surface area contributed by atoms with Crippen LogP contribution >= 0.6 is 0 Å². The molecule has 1 heterocycles. The number of esters is 2. The van der Waals surface area contributed by atoms with Crippen molar-refractivity contribution >= 4 is 33.5 Å². The van der Waals surface area contributed by atoms with Crippen molar-refractivity contribution in [2.75, 3.05) is 52.9 Å². The quantitative estimate of drug-likeness (QED) is 0.0413. The highest BCUT2D eigenvalue weighted by Gasteiger charge is 2.32. The summed E-state index contributed by atoms with van der Waals surface area (Å²) < 4.78 is 39.8.